The predicted octanol–water partition coefficient (Wildman–Crippen LogP) is 2.35. The van der Waals surface area contributed by atoms with E-state index < -0.39 is 11.9 Å². The van der Waals surface area contributed by atoms with Gasteiger partial charge in [-0.1, -0.05) is 17.3 Å². The van der Waals surface area contributed by atoms with Crippen LogP contribution in [0.15, 0.2) is 28.8 Å². The number of ether oxygens (including phenoxy) is 1. The van der Waals surface area contributed by atoms with Gasteiger partial charge >= 0.3 is 0 Å². The number of para-hydroxylation sites is 1. The zero-order chi connectivity index (χ0) is 15.5. The molecule has 2 aromatic rings. The molecule has 0 bridgehead atoms. The summed E-state index contributed by atoms with van der Waals surface area (Å²) in [5.74, 6) is 0.724. The van der Waals surface area contributed by atoms with Crippen LogP contribution in [-0.2, 0) is 0 Å². The van der Waals surface area contributed by atoms with Gasteiger partial charge < -0.3 is 14.6 Å². The molecule has 1 saturated heterocycles. The van der Waals surface area contributed by atoms with Crippen LogP contribution in [0.25, 0.3) is 0 Å². The van der Waals surface area contributed by atoms with Crippen molar-refractivity contribution in [1.29, 1.82) is 0 Å². The third-order valence-electron chi connectivity index (χ3n) is 3.75. The van der Waals surface area contributed by atoms with Gasteiger partial charge in [0.2, 0.25) is 0 Å². The second-order valence-electron chi connectivity index (χ2n) is 5.38. The number of hydrogen-bond donors (Lipinski definition) is 1. The molecule has 0 amide bonds. The van der Waals surface area contributed by atoms with E-state index in [1.807, 2.05) is 7.05 Å². The van der Waals surface area contributed by atoms with Crippen molar-refractivity contribution in [3.8, 4) is 5.75 Å². The monoisotopic (exact) mass is 342 g/mol. The maximum atomic E-state index is 13.6. The van der Waals surface area contributed by atoms with Crippen molar-refractivity contribution in [2.45, 2.75) is 19.1 Å². The van der Waals surface area contributed by atoms with Gasteiger partial charge in [0.05, 0.1) is 6.04 Å². The Kier molecular flexibility index (Phi) is 5.92. The summed E-state index contributed by atoms with van der Waals surface area (Å²) in [5.41, 5.74) is 0. The molecule has 1 N–H and O–H groups in total. The van der Waals surface area contributed by atoms with Gasteiger partial charge in [-0.2, -0.15) is 4.98 Å². The number of aromatic nitrogens is 2. The molecule has 6 nitrogen and oxygen atoms in total. The van der Waals surface area contributed by atoms with E-state index in [-0.39, 0.29) is 24.2 Å². The van der Waals surface area contributed by atoms with Gasteiger partial charge in [-0.15, -0.1) is 12.4 Å². The summed E-state index contributed by atoms with van der Waals surface area (Å²) in [6, 6.07) is 6.33. The molecule has 0 spiro atoms. The molecule has 23 heavy (non-hydrogen) atoms. The van der Waals surface area contributed by atoms with Crippen molar-refractivity contribution in [2.24, 2.45) is 0 Å². The molecular formula is C15H20ClFN4O2. The molecular weight excluding hydrogens is 323 g/mol. The number of nitrogens with one attached hydrogen (secondary N) is 1. The van der Waals surface area contributed by atoms with Crippen LogP contribution < -0.4 is 10.1 Å². The van der Waals surface area contributed by atoms with E-state index in [4.69, 9.17) is 9.26 Å². The maximum Gasteiger partial charge on any atom is 0.267 e. The van der Waals surface area contributed by atoms with Gasteiger partial charge in [-0.05, 0) is 26.1 Å². The first-order chi connectivity index (χ1) is 10.6. The van der Waals surface area contributed by atoms with Gasteiger partial charge in [0, 0.05) is 19.6 Å². The largest absolute Gasteiger partial charge is 0.478 e. The lowest BCUT2D eigenvalue weighted by molar-refractivity contribution is 0.167. The number of benzene rings is 1. The molecule has 126 valence electrons. The lowest BCUT2D eigenvalue weighted by Crippen LogP contribution is -2.44. The molecule has 2 atom stereocenters. The van der Waals surface area contributed by atoms with Crippen LogP contribution in [0, 0.1) is 5.82 Å². The fraction of sp³-hybridized carbons (Fsp3) is 0.467. The average Bonchev–Trinajstić information content (AvgIpc) is 3.00. The van der Waals surface area contributed by atoms with E-state index in [1.165, 1.54) is 6.07 Å². The molecule has 0 aliphatic carbocycles. The van der Waals surface area contributed by atoms with Gasteiger partial charge in [-0.3, -0.25) is 4.90 Å². The standard InChI is InChI=1S/C15H19FN4O2.ClH/c1-10(21-13-6-4-3-5-11(13)16)15-18-14(19-22-15)12-9-17-7-8-20(12)2;/h3-6,10,12,17H,7-9H2,1-2H3;1H. The fourth-order valence-corrected chi connectivity index (χ4v) is 2.42. The van der Waals surface area contributed by atoms with E-state index in [0.29, 0.717) is 11.7 Å². The maximum absolute atomic E-state index is 13.6. The molecule has 2 unspecified atom stereocenters. The average molecular weight is 343 g/mol. The third-order valence-corrected chi connectivity index (χ3v) is 3.75. The topological polar surface area (TPSA) is 63.4 Å². The van der Waals surface area contributed by atoms with Gasteiger partial charge in [0.25, 0.3) is 5.89 Å². The molecule has 8 heteroatoms. The first kappa shape index (κ1) is 17.7. The summed E-state index contributed by atoms with van der Waals surface area (Å²) in [6.07, 6.45) is -0.514. The van der Waals surface area contributed by atoms with Gasteiger partial charge in [0.15, 0.2) is 23.5 Å². The highest BCUT2D eigenvalue weighted by molar-refractivity contribution is 5.85. The normalized spacial score (nSPS) is 19.9. The van der Waals surface area contributed by atoms with E-state index in [1.54, 1.807) is 25.1 Å². The van der Waals surface area contributed by atoms with Crippen molar-refractivity contribution in [2.75, 3.05) is 26.7 Å². The SMILES string of the molecule is CC(Oc1ccccc1F)c1nc(C2CNCCN2C)no1.Cl. The summed E-state index contributed by atoms with van der Waals surface area (Å²) >= 11 is 0. The lowest BCUT2D eigenvalue weighted by Gasteiger charge is -2.30. The van der Waals surface area contributed by atoms with Crippen molar-refractivity contribution >= 4 is 12.4 Å². The van der Waals surface area contributed by atoms with Crippen molar-refractivity contribution in [3.63, 3.8) is 0 Å². The Morgan fingerprint density at radius 3 is 2.96 bits per heavy atom. The minimum absolute atomic E-state index is 0. The van der Waals surface area contributed by atoms with Crippen molar-refractivity contribution < 1.29 is 13.7 Å². The molecule has 1 aliphatic rings. The molecule has 1 fully saturated rings. The van der Waals surface area contributed by atoms with E-state index >= 15 is 0 Å². The van der Waals surface area contributed by atoms with Crippen LogP contribution in [0.5, 0.6) is 5.75 Å². The van der Waals surface area contributed by atoms with Crippen LogP contribution in [0.1, 0.15) is 30.8 Å². The lowest BCUT2D eigenvalue weighted by atomic mass is 10.2. The molecule has 1 aromatic carbocycles. The molecule has 1 aromatic heterocycles. The van der Waals surface area contributed by atoms with Gasteiger partial charge in [-0.25, -0.2) is 4.39 Å². The highest BCUT2D eigenvalue weighted by atomic mass is 35.5. The second-order valence-corrected chi connectivity index (χ2v) is 5.38. The van der Waals surface area contributed by atoms with Crippen molar-refractivity contribution in [3.05, 3.63) is 41.8 Å². The summed E-state index contributed by atoms with van der Waals surface area (Å²) in [7, 11) is 2.03. The second kappa shape index (κ2) is 7.72. The zero-order valence-corrected chi connectivity index (χ0v) is 13.8. The minimum atomic E-state index is -0.514. The number of hydrogen-bond acceptors (Lipinski definition) is 6. The predicted molar refractivity (Wildman–Crippen MR) is 85.2 cm³/mol. The Bertz CT molecular complexity index is 639. The van der Waals surface area contributed by atoms with E-state index in [0.717, 1.165) is 19.6 Å². The summed E-state index contributed by atoms with van der Waals surface area (Å²) < 4.78 is 24.4. The van der Waals surface area contributed by atoms with Crippen LogP contribution >= 0.6 is 12.4 Å². The number of rotatable bonds is 4. The Hall–Kier alpha value is -1.70. The van der Waals surface area contributed by atoms with E-state index in [9.17, 15) is 4.39 Å². The van der Waals surface area contributed by atoms with Crippen LogP contribution in [0.2, 0.25) is 0 Å². The van der Waals surface area contributed by atoms with Gasteiger partial charge in [0.1, 0.15) is 0 Å². The molecule has 2 heterocycles. The number of piperazine rings is 1. The first-order valence-corrected chi connectivity index (χ1v) is 7.31. The quantitative estimate of drug-likeness (QED) is 0.920. The number of halogens is 2. The fourth-order valence-electron chi connectivity index (χ4n) is 2.42. The minimum Gasteiger partial charge on any atom is -0.478 e. The van der Waals surface area contributed by atoms with Crippen molar-refractivity contribution in [1.82, 2.24) is 20.4 Å². The Labute approximate surface area is 140 Å². The highest BCUT2D eigenvalue weighted by Crippen LogP contribution is 2.25. The Morgan fingerprint density at radius 2 is 2.22 bits per heavy atom. The summed E-state index contributed by atoms with van der Waals surface area (Å²) in [6.45, 7) is 4.41. The molecule has 3 rings (SSSR count). The van der Waals surface area contributed by atoms with Crippen LogP contribution in [0.3, 0.4) is 0 Å². The molecule has 0 saturated carbocycles. The molecule has 0 radical (unpaired) electrons. The van der Waals surface area contributed by atoms with Crippen LogP contribution in [-0.4, -0.2) is 41.7 Å². The smallest absolute Gasteiger partial charge is 0.267 e. The van der Waals surface area contributed by atoms with Crippen LogP contribution in [0.4, 0.5) is 4.39 Å². The zero-order valence-electron chi connectivity index (χ0n) is 13.0. The highest BCUT2D eigenvalue weighted by Gasteiger charge is 2.27. The summed E-state index contributed by atoms with van der Waals surface area (Å²) in [4.78, 5) is 6.58. The first-order valence-electron chi connectivity index (χ1n) is 7.31. The van der Waals surface area contributed by atoms with E-state index in [2.05, 4.69) is 20.4 Å². The number of nitrogens with zero attached hydrogens (tertiary/aromatic N) is 3. The Morgan fingerprint density at radius 1 is 1.43 bits per heavy atom. The summed E-state index contributed by atoms with van der Waals surface area (Å²) in [5, 5.41) is 7.34. The molecule has 1 aliphatic heterocycles. The third kappa shape index (κ3) is 3.99. The number of likely N-dealkylation sites (N-methyl/N-ethyl adjacent to an activating group) is 1. The Balaban J connectivity index is 0.00000192.